The highest BCUT2D eigenvalue weighted by molar-refractivity contribution is 6.32. The van der Waals surface area contributed by atoms with Crippen molar-refractivity contribution in [3.05, 3.63) is 135 Å². The van der Waals surface area contributed by atoms with Gasteiger partial charge in [0.05, 0.1) is 40.0 Å². The monoisotopic (exact) mass is 677 g/mol. The van der Waals surface area contributed by atoms with Crippen LogP contribution < -0.4 is 9.80 Å². The summed E-state index contributed by atoms with van der Waals surface area (Å²) in [4.78, 5) is 71.0. The molecule has 3 aromatic carbocycles. The Balaban J connectivity index is 1.31. The normalized spacial score (nSPS) is 27.6. The average molecular weight is 678 g/mol. The zero-order chi connectivity index (χ0) is 34.2. The maximum absolute atomic E-state index is 15.1. The van der Waals surface area contributed by atoms with Crippen molar-refractivity contribution in [2.75, 3.05) is 9.80 Å². The maximum Gasteiger partial charge on any atom is 0.269 e. The number of imide groups is 2. The lowest BCUT2D eigenvalue weighted by Gasteiger charge is -2.49. The van der Waals surface area contributed by atoms with Crippen molar-refractivity contribution < 1.29 is 33.6 Å². The molecule has 0 radical (unpaired) electrons. The molecule has 49 heavy (non-hydrogen) atoms. The maximum atomic E-state index is 15.1. The highest BCUT2D eigenvalue weighted by atomic mass is 35.5. The number of amides is 4. The Labute approximate surface area is 284 Å². The van der Waals surface area contributed by atoms with Gasteiger partial charge in [0.1, 0.15) is 23.5 Å². The van der Waals surface area contributed by atoms with Gasteiger partial charge in [0.25, 0.3) is 5.69 Å². The highest BCUT2D eigenvalue weighted by Gasteiger charge is 2.71. The number of hydrogen-bond acceptors (Lipinski definition) is 8. The summed E-state index contributed by atoms with van der Waals surface area (Å²) in [6.07, 6.45) is 2.20. The molecule has 3 fully saturated rings. The van der Waals surface area contributed by atoms with Crippen LogP contribution in [0.15, 0.2) is 107 Å². The van der Waals surface area contributed by atoms with Gasteiger partial charge in [-0.1, -0.05) is 59.6 Å². The summed E-state index contributed by atoms with van der Waals surface area (Å²) in [5.41, 5.74) is 0.169. The second-order valence-corrected chi connectivity index (χ2v) is 13.3. The molecule has 1 N–H and O–H groups in total. The number of fused-ring (bicyclic) bond motifs is 4. The number of nitro groups is 1. The molecule has 0 unspecified atom stereocenters. The Bertz CT molecular complexity index is 2090. The van der Waals surface area contributed by atoms with Gasteiger partial charge in [-0.3, -0.25) is 34.2 Å². The molecule has 1 saturated carbocycles. The first-order valence-electron chi connectivity index (χ1n) is 15.9. The second kappa shape index (κ2) is 11.4. The van der Waals surface area contributed by atoms with Crippen molar-refractivity contribution >= 4 is 52.3 Å². The van der Waals surface area contributed by atoms with E-state index in [-0.39, 0.29) is 36.6 Å². The van der Waals surface area contributed by atoms with Crippen molar-refractivity contribution in [1.29, 1.82) is 0 Å². The van der Waals surface area contributed by atoms with E-state index < -0.39 is 63.6 Å². The third-order valence-corrected chi connectivity index (χ3v) is 10.8. The minimum absolute atomic E-state index is 0.0979. The molecule has 0 bridgehead atoms. The fourth-order valence-corrected chi connectivity index (χ4v) is 8.85. The fraction of sp³-hybridized carbons (Fsp3) is 0.243. The molecule has 2 saturated heterocycles. The minimum atomic E-state index is -1.50. The number of rotatable bonds is 6. The van der Waals surface area contributed by atoms with Crippen LogP contribution in [-0.4, -0.2) is 33.7 Å². The Morgan fingerprint density at radius 3 is 2.29 bits per heavy atom. The SMILES string of the molecule is O=C1[C@H]2[C@H](CC=C3[C@H]2C[C@H]2C(=O)N(c4cccc(Cl)c4)C(=O)[C@@]2(c2ccccc2)[C@H]3c2ccc(CO)o2)C(=O)N1c1ccc([N+](=O)[O-])cc1. The van der Waals surface area contributed by atoms with E-state index in [1.165, 1.54) is 29.2 Å². The van der Waals surface area contributed by atoms with Gasteiger partial charge in [-0.2, -0.15) is 0 Å². The number of carbonyl (C=O) groups is 4. The number of allylic oxidation sites excluding steroid dienone is 2. The lowest BCUT2D eigenvalue weighted by atomic mass is 9.50. The van der Waals surface area contributed by atoms with Gasteiger partial charge in [-0.15, -0.1) is 0 Å². The molecule has 246 valence electrons. The summed E-state index contributed by atoms with van der Waals surface area (Å²) in [5, 5.41) is 21.6. The van der Waals surface area contributed by atoms with E-state index in [9.17, 15) is 29.6 Å². The third-order valence-electron chi connectivity index (χ3n) is 10.6. The number of aliphatic hydroxyl groups excluding tert-OH is 1. The summed E-state index contributed by atoms with van der Waals surface area (Å²) in [7, 11) is 0. The number of furan rings is 1. The van der Waals surface area contributed by atoms with Gasteiger partial charge in [0.15, 0.2) is 0 Å². The topological polar surface area (TPSA) is 151 Å². The van der Waals surface area contributed by atoms with Crippen LogP contribution in [0.3, 0.4) is 0 Å². The number of anilines is 2. The van der Waals surface area contributed by atoms with Gasteiger partial charge in [0, 0.05) is 17.2 Å². The highest BCUT2D eigenvalue weighted by Crippen LogP contribution is 2.64. The predicted molar refractivity (Wildman–Crippen MR) is 176 cm³/mol. The van der Waals surface area contributed by atoms with E-state index in [2.05, 4.69) is 0 Å². The zero-order valence-corrected chi connectivity index (χ0v) is 26.5. The van der Waals surface area contributed by atoms with E-state index >= 15 is 4.79 Å². The molecule has 1 aromatic heterocycles. The molecule has 11 nitrogen and oxygen atoms in total. The van der Waals surface area contributed by atoms with Crippen molar-refractivity contribution in [3.8, 4) is 0 Å². The number of nitrogens with zero attached hydrogens (tertiary/aromatic N) is 3. The van der Waals surface area contributed by atoms with Crippen LogP contribution in [0.1, 0.15) is 35.8 Å². The second-order valence-electron chi connectivity index (χ2n) is 12.8. The molecule has 6 atom stereocenters. The third kappa shape index (κ3) is 4.38. The molecular formula is C37H28ClN3O8. The summed E-state index contributed by atoms with van der Waals surface area (Å²) in [6.45, 7) is -0.389. The Morgan fingerprint density at radius 2 is 1.61 bits per heavy atom. The lowest BCUT2D eigenvalue weighted by molar-refractivity contribution is -0.384. The average Bonchev–Trinajstić information content (AvgIpc) is 3.75. The van der Waals surface area contributed by atoms with Gasteiger partial charge in [-0.05, 0) is 66.8 Å². The number of hydrogen-bond donors (Lipinski definition) is 1. The van der Waals surface area contributed by atoms with Crippen molar-refractivity contribution in [2.45, 2.75) is 30.8 Å². The standard InChI is InChI=1S/C37H28ClN3O8/c38-21-7-4-8-24(17-21)40-34(44)29-18-28-26(14-15-27-31(28)35(45)39(33(27)43)22-9-11-23(12-10-22)41(47)48)32(30-16-13-25(19-42)49-30)37(29,36(40)46)20-5-2-1-3-6-20/h1-14,16-17,27-29,31-32,42H,15,18-19H2/t27-,28+,29-,31-,32+,37+/m0/s1. The number of carbonyl (C=O) groups excluding carboxylic acids is 4. The van der Waals surface area contributed by atoms with E-state index in [0.717, 1.165) is 4.90 Å². The number of nitro benzene ring substituents is 1. The van der Waals surface area contributed by atoms with Crippen LogP contribution in [0.4, 0.5) is 17.1 Å². The van der Waals surface area contributed by atoms with Gasteiger partial charge in [-0.25, -0.2) is 4.90 Å². The van der Waals surface area contributed by atoms with Crippen LogP contribution in [0, 0.1) is 33.8 Å². The zero-order valence-electron chi connectivity index (χ0n) is 25.8. The molecule has 2 aliphatic carbocycles. The smallest absolute Gasteiger partial charge is 0.269 e. The minimum Gasteiger partial charge on any atom is -0.463 e. The van der Waals surface area contributed by atoms with Gasteiger partial charge < -0.3 is 9.52 Å². The van der Waals surface area contributed by atoms with Crippen LogP contribution >= 0.6 is 11.6 Å². The van der Waals surface area contributed by atoms with E-state index in [1.807, 2.05) is 24.3 Å². The van der Waals surface area contributed by atoms with Gasteiger partial charge in [0.2, 0.25) is 23.6 Å². The quantitative estimate of drug-likeness (QED) is 0.118. The number of benzene rings is 3. The molecular weight excluding hydrogens is 650 g/mol. The predicted octanol–water partition coefficient (Wildman–Crippen LogP) is 5.70. The molecule has 2 aliphatic heterocycles. The van der Waals surface area contributed by atoms with E-state index in [0.29, 0.717) is 27.6 Å². The first-order valence-corrected chi connectivity index (χ1v) is 16.3. The summed E-state index contributed by atoms with van der Waals surface area (Å²) >= 11 is 6.34. The molecule has 4 aliphatic rings. The molecule has 4 aromatic rings. The number of aliphatic hydroxyl groups is 1. The number of halogens is 1. The molecule has 3 heterocycles. The summed E-state index contributed by atoms with van der Waals surface area (Å²) < 4.78 is 6.19. The van der Waals surface area contributed by atoms with E-state index in [4.69, 9.17) is 16.0 Å². The first-order chi connectivity index (χ1) is 23.7. The lowest BCUT2D eigenvalue weighted by Crippen LogP contribution is -2.53. The van der Waals surface area contributed by atoms with Crippen LogP contribution in [0.5, 0.6) is 0 Å². The van der Waals surface area contributed by atoms with Crippen molar-refractivity contribution in [1.82, 2.24) is 0 Å². The first kappa shape index (κ1) is 30.9. The molecule has 0 spiro atoms. The summed E-state index contributed by atoms with van der Waals surface area (Å²) in [5.74, 6) is -5.24. The summed E-state index contributed by atoms with van der Waals surface area (Å²) in [6, 6.07) is 24.1. The van der Waals surface area contributed by atoms with Crippen LogP contribution in [0.25, 0.3) is 0 Å². The molecule has 12 heteroatoms. The number of non-ortho nitro benzene ring substituents is 1. The molecule has 8 rings (SSSR count). The largest absolute Gasteiger partial charge is 0.463 e. The van der Waals surface area contributed by atoms with Crippen LogP contribution in [-0.2, 0) is 31.2 Å². The Morgan fingerprint density at radius 1 is 0.857 bits per heavy atom. The van der Waals surface area contributed by atoms with Crippen LogP contribution in [0.2, 0.25) is 5.02 Å². The van der Waals surface area contributed by atoms with Crippen molar-refractivity contribution in [3.63, 3.8) is 0 Å². The molecule has 4 amide bonds. The van der Waals surface area contributed by atoms with E-state index in [1.54, 1.807) is 48.5 Å². The van der Waals surface area contributed by atoms with Crippen molar-refractivity contribution in [2.24, 2.45) is 23.7 Å². The Kier molecular flexibility index (Phi) is 7.16. The van der Waals surface area contributed by atoms with Gasteiger partial charge >= 0.3 is 0 Å². The Hall–Kier alpha value is -5.39. The fourth-order valence-electron chi connectivity index (χ4n) is 8.66.